The van der Waals surface area contributed by atoms with Gasteiger partial charge in [-0.15, -0.1) is 0 Å². The van der Waals surface area contributed by atoms with Gasteiger partial charge in [-0.25, -0.2) is 17.5 Å². The van der Waals surface area contributed by atoms with Gasteiger partial charge in [0, 0.05) is 30.5 Å². The molecule has 0 aliphatic carbocycles. The minimum atomic E-state index is -3.63. The molecule has 1 aliphatic rings. The van der Waals surface area contributed by atoms with Crippen LogP contribution in [0.15, 0.2) is 70.5 Å². The van der Waals surface area contributed by atoms with Crippen molar-refractivity contribution in [2.75, 3.05) is 11.9 Å². The number of piperidine rings is 1. The fourth-order valence-electron chi connectivity index (χ4n) is 3.77. The first-order chi connectivity index (χ1) is 15.8. The van der Waals surface area contributed by atoms with E-state index in [1.54, 1.807) is 0 Å². The van der Waals surface area contributed by atoms with Gasteiger partial charge in [-0.1, -0.05) is 6.42 Å². The summed E-state index contributed by atoms with van der Waals surface area (Å²) in [5.41, 5.74) is -0.124. The van der Waals surface area contributed by atoms with E-state index in [2.05, 4.69) is 10.4 Å². The summed E-state index contributed by atoms with van der Waals surface area (Å²) in [6, 6.07) is 12.4. The molecule has 8 nitrogen and oxygen atoms in total. The third-order valence-electron chi connectivity index (χ3n) is 5.58. The molecular weight excluding hydrogens is 447 g/mol. The van der Waals surface area contributed by atoms with Crippen molar-refractivity contribution in [3.05, 3.63) is 82.5 Å². The summed E-state index contributed by atoms with van der Waals surface area (Å²) in [7, 11) is -3.63. The molecule has 1 aromatic heterocycles. The Bertz CT molecular complexity index is 1320. The number of amides is 1. The van der Waals surface area contributed by atoms with Crippen molar-refractivity contribution in [1.29, 1.82) is 0 Å². The number of aromatic nitrogens is 2. The van der Waals surface area contributed by atoms with Gasteiger partial charge in [-0.3, -0.25) is 9.59 Å². The smallest absolute Gasteiger partial charge is 0.280 e. The highest BCUT2D eigenvalue weighted by molar-refractivity contribution is 7.89. The minimum absolute atomic E-state index is 0.0597. The summed E-state index contributed by atoms with van der Waals surface area (Å²) in [6.07, 6.45) is 4.05. The second-order valence-corrected chi connectivity index (χ2v) is 9.78. The molecule has 2 aromatic carbocycles. The Morgan fingerprint density at radius 1 is 1.06 bits per heavy atom. The number of nitrogens with zero attached hydrogens (tertiary/aromatic N) is 3. The number of carbonyl (C=O) groups is 1. The quantitative estimate of drug-likeness (QED) is 0.617. The molecule has 10 heteroatoms. The van der Waals surface area contributed by atoms with E-state index >= 15 is 0 Å². The van der Waals surface area contributed by atoms with Crippen molar-refractivity contribution in [3.8, 4) is 5.69 Å². The maximum absolute atomic E-state index is 13.2. The molecule has 3 aromatic rings. The molecule has 1 amide bonds. The monoisotopic (exact) mass is 470 g/mol. The van der Waals surface area contributed by atoms with Crippen molar-refractivity contribution in [2.24, 2.45) is 0 Å². The lowest BCUT2D eigenvalue weighted by molar-refractivity contribution is 0.101. The number of carbonyl (C=O) groups excluding carboxylic acids is 1. The summed E-state index contributed by atoms with van der Waals surface area (Å²) in [4.78, 5) is 25.0. The summed E-state index contributed by atoms with van der Waals surface area (Å²) < 4.78 is 41.9. The van der Waals surface area contributed by atoms with Gasteiger partial charge in [0.05, 0.1) is 10.6 Å². The first kappa shape index (κ1) is 22.8. The van der Waals surface area contributed by atoms with Crippen LogP contribution in [0.5, 0.6) is 0 Å². The third kappa shape index (κ3) is 4.86. The number of rotatable bonds is 5. The van der Waals surface area contributed by atoms with E-state index in [0.717, 1.165) is 19.3 Å². The largest absolute Gasteiger partial charge is 0.320 e. The second-order valence-electron chi connectivity index (χ2n) is 7.89. The van der Waals surface area contributed by atoms with Crippen molar-refractivity contribution >= 4 is 21.6 Å². The lowest BCUT2D eigenvalue weighted by atomic mass is 10.1. The van der Waals surface area contributed by atoms with E-state index in [4.69, 9.17) is 0 Å². The van der Waals surface area contributed by atoms with Crippen LogP contribution in [0, 0.1) is 5.82 Å². The van der Waals surface area contributed by atoms with E-state index in [9.17, 15) is 22.4 Å². The number of benzene rings is 2. The van der Waals surface area contributed by atoms with Crippen LogP contribution in [0.2, 0.25) is 0 Å². The lowest BCUT2D eigenvalue weighted by Crippen LogP contribution is -2.41. The molecule has 172 valence electrons. The molecule has 1 fully saturated rings. The van der Waals surface area contributed by atoms with Crippen LogP contribution in [-0.4, -0.2) is 41.0 Å². The molecule has 0 saturated carbocycles. The minimum Gasteiger partial charge on any atom is -0.320 e. The van der Waals surface area contributed by atoms with Gasteiger partial charge in [-0.05, 0) is 68.3 Å². The standard InChI is InChI=1S/C23H23FN4O4S/c1-16-4-2-3-14-28(16)33(31,32)20-11-7-18(8-12-20)25-23(30)22-21(29)13-15-27(26-22)19-9-5-17(24)6-10-19/h5-13,15-16H,2-4,14H2,1H3,(H,25,30)/t16-/m0/s1. The van der Waals surface area contributed by atoms with E-state index < -0.39 is 27.2 Å². The number of sulfonamides is 1. The van der Waals surface area contributed by atoms with E-state index in [1.165, 1.54) is 69.8 Å². The van der Waals surface area contributed by atoms with Gasteiger partial charge < -0.3 is 5.32 Å². The van der Waals surface area contributed by atoms with Gasteiger partial charge in [0.2, 0.25) is 15.5 Å². The summed E-state index contributed by atoms with van der Waals surface area (Å²) >= 11 is 0. The number of hydrogen-bond donors (Lipinski definition) is 1. The van der Waals surface area contributed by atoms with Crippen molar-refractivity contribution < 1.29 is 17.6 Å². The van der Waals surface area contributed by atoms with Gasteiger partial charge in [0.1, 0.15) is 5.82 Å². The number of hydrogen-bond acceptors (Lipinski definition) is 5. The molecule has 0 unspecified atom stereocenters. The Morgan fingerprint density at radius 2 is 1.76 bits per heavy atom. The summed E-state index contributed by atoms with van der Waals surface area (Å²) in [6.45, 7) is 2.39. The van der Waals surface area contributed by atoms with Crippen molar-refractivity contribution in [2.45, 2.75) is 37.1 Å². The Hall–Kier alpha value is -3.37. The molecule has 0 bridgehead atoms. The van der Waals surface area contributed by atoms with Crippen molar-refractivity contribution in [3.63, 3.8) is 0 Å². The maximum Gasteiger partial charge on any atom is 0.280 e. The Morgan fingerprint density at radius 3 is 2.42 bits per heavy atom. The topological polar surface area (TPSA) is 101 Å². The van der Waals surface area contributed by atoms with Crippen LogP contribution in [-0.2, 0) is 10.0 Å². The van der Waals surface area contributed by atoms with E-state index in [0.29, 0.717) is 17.9 Å². The zero-order chi connectivity index (χ0) is 23.6. The predicted molar refractivity (Wildman–Crippen MR) is 121 cm³/mol. The zero-order valence-electron chi connectivity index (χ0n) is 17.9. The fraction of sp³-hybridized carbons (Fsp3) is 0.261. The van der Waals surface area contributed by atoms with Crippen LogP contribution in [0.1, 0.15) is 36.7 Å². The molecule has 33 heavy (non-hydrogen) atoms. The number of halogens is 1. The molecular formula is C23H23FN4O4S. The van der Waals surface area contributed by atoms with Gasteiger partial charge in [0.15, 0.2) is 5.69 Å². The molecule has 0 radical (unpaired) electrons. The Kier molecular flexibility index (Phi) is 6.39. The highest BCUT2D eigenvalue weighted by Crippen LogP contribution is 2.26. The molecule has 4 rings (SSSR count). The number of nitrogens with one attached hydrogen (secondary N) is 1. The SMILES string of the molecule is C[C@H]1CCCCN1S(=O)(=O)c1ccc(NC(=O)c2nn(-c3ccc(F)cc3)ccc2=O)cc1. The van der Waals surface area contributed by atoms with Crippen LogP contribution in [0.25, 0.3) is 5.69 Å². The fourth-order valence-corrected chi connectivity index (χ4v) is 5.47. The molecule has 1 N–H and O–H groups in total. The predicted octanol–water partition coefficient (Wildman–Crippen LogP) is 3.19. The van der Waals surface area contributed by atoms with Gasteiger partial charge in [0.25, 0.3) is 5.91 Å². The van der Waals surface area contributed by atoms with Crippen LogP contribution in [0.3, 0.4) is 0 Å². The Balaban J connectivity index is 1.53. The van der Waals surface area contributed by atoms with Crippen molar-refractivity contribution in [1.82, 2.24) is 14.1 Å². The molecule has 0 spiro atoms. The first-order valence-corrected chi connectivity index (χ1v) is 12.0. The molecule has 2 heterocycles. The Labute approximate surface area is 190 Å². The average Bonchev–Trinajstić information content (AvgIpc) is 2.80. The third-order valence-corrected chi connectivity index (χ3v) is 7.60. The maximum atomic E-state index is 13.2. The highest BCUT2D eigenvalue weighted by atomic mass is 32.2. The molecule has 1 atom stereocenters. The second kappa shape index (κ2) is 9.24. The lowest BCUT2D eigenvalue weighted by Gasteiger charge is -2.32. The normalized spacial score (nSPS) is 17.0. The zero-order valence-corrected chi connectivity index (χ0v) is 18.8. The average molecular weight is 471 g/mol. The summed E-state index contributed by atoms with van der Waals surface area (Å²) in [5.74, 6) is -1.16. The highest BCUT2D eigenvalue weighted by Gasteiger charge is 2.30. The van der Waals surface area contributed by atoms with E-state index in [1.807, 2.05) is 6.92 Å². The summed E-state index contributed by atoms with van der Waals surface area (Å²) in [5, 5.41) is 6.63. The van der Waals surface area contributed by atoms with Gasteiger partial charge in [-0.2, -0.15) is 9.40 Å². The molecule has 1 saturated heterocycles. The van der Waals surface area contributed by atoms with Gasteiger partial charge >= 0.3 is 0 Å². The first-order valence-electron chi connectivity index (χ1n) is 10.5. The van der Waals surface area contributed by atoms with E-state index in [-0.39, 0.29) is 16.6 Å². The number of anilines is 1. The van der Waals surface area contributed by atoms with Crippen LogP contribution < -0.4 is 10.7 Å². The van der Waals surface area contributed by atoms with Crippen LogP contribution >= 0.6 is 0 Å². The molecule has 1 aliphatic heterocycles. The van der Waals surface area contributed by atoms with Crippen LogP contribution in [0.4, 0.5) is 10.1 Å².